The highest BCUT2D eigenvalue weighted by molar-refractivity contribution is 6.04. The molecule has 8 nitrogen and oxygen atoms in total. The Bertz CT molecular complexity index is 1740. The Morgan fingerprint density at radius 2 is 1.95 bits per heavy atom. The number of nitrogens with one attached hydrogen (secondary N) is 1. The summed E-state index contributed by atoms with van der Waals surface area (Å²) in [5.74, 6) is 5.97. The number of unbranched alkanes of at least 4 members (excludes halogenated alkanes) is 1. The van der Waals surface area contributed by atoms with Gasteiger partial charge in [0.25, 0.3) is 11.5 Å². The van der Waals surface area contributed by atoms with Crippen molar-refractivity contribution in [2.75, 3.05) is 5.73 Å². The Morgan fingerprint density at radius 1 is 1.14 bits per heavy atom. The number of benzene rings is 2. The maximum atomic E-state index is 14.0. The summed E-state index contributed by atoms with van der Waals surface area (Å²) < 4.78 is 3.10. The summed E-state index contributed by atoms with van der Waals surface area (Å²) in [5, 5.41) is 8.48. The molecule has 0 spiro atoms. The number of hydrogen-bond donors (Lipinski definition) is 2. The summed E-state index contributed by atoms with van der Waals surface area (Å²) in [6.45, 7) is 3.90. The van der Waals surface area contributed by atoms with E-state index in [-0.39, 0.29) is 16.9 Å². The van der Waals surface area contributed by atoms with E-state index in [1.807, 2.05) is 61.5 Å². The van der Waals surface area contributed by atoms with Crippen molar-refractivity contribution in [3.63, 3.8) is 0 Å². The van der Waals surface area contributed by atoms with Crippen LogP contribution in [0.4, 0.5) is 5.82 Å². The number of aromatic nitrogens is 4. The monoisotopic (exact) mass is 490 g/mol. The van der Waals surface area contributed by atoms with Gasteiger partial charge in [-0.2, -0.15) is 0 Å². The van der Waals surface area contributed by atoms with E-state index in [0.717, 1.165) is 18.2 Å². The normalized spacial score (nSPS) is 11.7. The zero-order valence-corrected chi connectivity index (χ0v) is 20.6. The highest BCUT2D eigenvalue weighted by Gasteiger charge is 2.23. The average molecular weight is 491 g/mol. The first kappa shape index (κ1) is 23.8. The Morgan fingerprint density at radius 3 is 2.73 bits per heavy atom. The first-order valence-electron chi connectivity index (χ1n) is 12.1. The summed E-state index contributed by atoms with van der Waals surface area (Å²) in [6, 6.07) is 18.1. The quantitative estimate of drug-likeness (QED) is 0.358. The van der Waals surface area contributed by atoms with Gasteiger partial charge >= 0.3 is 0 Å². The third-order valence-corrected chi connectivity index (χ3v) is 6.13. The number of amides is 1. The molecule has 3 aromatic heterocycles. The van der Waals surface area contributed by atoms with E-state index in [9.17, 15) is 9.59 Å². The molecule has 0 fully saturated rings. The number of nitrogen functional groups attached to an aromatic ring is 1. The molecule has 5 aromatic rings. The van der Waals surface area contributed by atoms with Crippen molar-refractivity contribution in [3.8, 4) is 17.5 Å². The topological polar surface area (TPSA) is 107 Å². The van der Waals surface area contributed by atoms with E-state index in [1.54, 1.807) is 23.0 Å². The van der Waals surface area contributed by atoms with Crippen molar-refractivity contribution in [1.29, 1.82) is 0 Å². The molecule has 0 aliphatic carbocycles. The van der Waals surface area contributed by atoms with Crippen molar-refractivity contribution in [1.82, 2.24) is 24.5 Å². The van der Waals surface area contributed by atoms with E-state index < -0.39 is 11.9 Å². The summed E-state index contributed by atoms with van der Waals surface area (Å²) >= 11 is 0. The van der Waals surface area contributed by atoms with Crippen LogP contribution in [0.2, 0.25) is 0 Å². The lowest BCUT2D eigenvalue weighted by Crippen LogP contribution is -2.32. The van der Waals surface area contributed by atoms with Crippen LogP contribution < -0.4 is 16.6 Å². The molecule has 0 aliphatic heterocycles. The van der Waals surface area contributed by atoms with Crippen LogP contribution in [0.3, 0.4) is 0 Å². The molecule has 1 atom stereocenters. The average Bonchev–Trinajstić information content (AvgIpc) is 3.24. The lowest BCUT2D eigenvalue weighted by molar-refractivity contribution is 0.0941. The highest BCUT2D eigenvalue weighted by Crippen LogP contribution is 2.24. The predicted molar refractivity (Wildman–Crippen MR) is 145 cm³/mol. The predicted octanol–water partition coefficient (Wildman–Crippen LogP) is 4.26. The molecule has 1 amide bonds. The molecule has 37 heavy (non-hydrogen) atoms. The molecule has 0 saturated carbocycles. The molecule has 2 aromatic carbocycles. The Balaban J connectivity index is 1.64. The standard InChI is InChI=1S/C29H26N6O2/c1-3-4-6-11-20-12-9-13-21-18-23(35(29(37)24(20)21)22-14-7-5-8-15-22)19(2)32-28(36)25-26(30)33-34-17-10-16-31-27(25)34/h5,7-10,12-19H,3-4H2,1-2H3,(H2,30,33)(H,32,36). The molecule has 0 aliphatic rings. The molecule has 0 radical (unpaired) electrons. The van der Waals surface area contributed by atoms with Crippen LogP contribution in [0.1, 0.15) is 54.3 Å². The van der Waals surface area contributed by atoms with E-state index >= 15 is 0 Å². The zero-order chi connectivity index (χ0) is 25.9. The lowest BCUT2D eigenvalue weighted by atomic mass is 10.0. The minimum atomic E-state index is -0.544. The molecule has 0 saturated heterocycles. The van der Waals surface area contributed by atoms with Crippen LogP contribution in [0, 0.1) is 11.8 Å². The Hall–Kier alpha value is -4.90. The van der Waals surface area contributed by atoms with Gasteiger partial charge in [0.1, 0.15) is 5.56 Å². The number of fused-ring (bicyclic) bond motifs is 2. The fraction of sp³-hybridized carbons (Fsp3) is 0.172. The number of carbonyl (C=O) groups excluding carboxylic acids is 1. The molecular formula is C29H26N6O2. The zero-order valence-electron chi connectivity index (χ0n) is 20.6. The number of pyridine rings is 1. The van der Waals surface area contributed by atoms with Gasteiger partial charge in [-0.1, -0.05) is 49.1 Å². The molecule has 8 heteroatoms. The van der Waals surface area contributed by atoms with Gasteiger partial charge in [0, 0.05) is 35.8 Å². The fourth-order valence-electron chi connectivity index (χ4n) is 4.40. The summed E-state index contributed by atoms with van der Waals surface area (Å²) in [7, 11) is 0. The molecule has 5 rings (SSSR count). The number of rotatable bonds is 5. The van der Waals surface area contributed by atoms with Gasteiger partial charge < -0.3 is 11.1 Å². The smallest absolute Gasteiger partial charge is 0.264 e. The van der Waals surface area contributed by atoms with E-state index in [0.29, 0.717) is 28.0 Å². The number of para-hydroxylation sites is 1. The number of anilines is 1. The van der Waals surface area contributed by atoms with Gasteiger partial charge in [0.2, 0.25) is 0 Å². The van der Waals surface area contributed by atoms with Crippen molar-refractivity contribution >= 4 is 28.1 Å². The van der Waals surface area contributed by atoms with E-state index in [2.05, 4.69) is 34.2 Å². The van der Waals surface area contributed by atoms with Crippen molar-refractivity contribution in [2.24, 2.45) is 0 Å². The Labute approximate surface area is 213 Å². The summed E-state index contributed by atoms with van der Waals surface area (Å²) in [5.41, 5.74) is 8.41. The van der Waals surface area contributed by atoms with Gasteiger partial charge in [-0.25, -0.2) is 9.50 Å². The number of nitrogens with two attached hydrogens (primary N) is 1. The third-order valence-electron chi connectivity index (χ3n) is 6.13. The number of nitrogens with zero attached hydrogens (tertiary/aromatic N) is 4. The fourth-order valence-corrected chi connectivity index (χ4v) is 4.40. The van der Waals surface area contributed by atoms with Gasteiger partial charge in [0.15, 0.2) is 11.5 Å². The maximum absolute atomic E-state index is 14.0. The maximum Gasteiger partial charge on any atom is 0.264 e. The molecule has 3 N–H and O–H groups in total. The van der Waals surface area contributed by atoms with E-state index in [4.69, 9.17) is 5.73 Å². The minimum absolute atomic E-state index is 0.0812. The molecule has 1 unspecified atom stereocenters. The second-order valence-electron chi connectivity index (χ2n) is 8.71. The molecule has 0 bridgehead atoms. The van der Waals surface area contributed by atoms with Gasteiger partial charge in [-0.05, 0) is 49.1 Å². The van der Waals surface area contributed by atoms with Crippen LogP contribution in [-0.4, -0.2) is 25.1 Å². The lowest BCUT2D eigenvalue weighted by Gasteiger charge is -2.21. The first-order valence-corrected chi connectivity index (χ1v) is 12.1. The highest BCUT2D eigenvalue weighted by atomic mass is 16.2. The van der Waals surface area contributed by atoms with Crippen molar-refractivity contribution < 1.29 is 4.79 Å². The van der Waals surface area contributed by atoms with Gasteiger partial charge in [-0.3, -0.25) is 14.2 Å². The second-order valence-corrected chi connectivity index (χ2v) is 8.71. The molecule has 3 heterocycles. The summed E-state index contributed by atoms with van der Waals surface area (Å²) in [4.78, 5) is 31.6. The largest absolute Gasteiger partial charge is 0.381 e. The van der Waals surface area contributed by atoms with E-state index in [1.165, 1.54) is 4.52 Å². The van der Waals surface area contributed by atoms with Crippen molar-refractivity contribution in [3.05, 3.63) is 100 Å². The SMILES string of the molecule is CCCC#Cc1cccc2cc(C(C)NC(=O)c3c(N)nn4cccnc34)n(-c3ccccc3)c(=O)c12. The van der Waals surface area contributed by atoms with Gasteiger partial charge in [0.05, 0.1) is 11.4 Å². The number of hydrogen-bond acceptors (Lipinski definition) is 5. The van der Waals surface area contributed by atoms with Crippen molar-refractivity contribution in [2.45, 2.75) is 32.7 Å². The van der Waals surface area contributed by atoms with Gasteiger partial charge in [-0.15, -0.1) is 5.10 Å². The van der Waals surface area contributed by atoms with Crippen LogP contribution in [-0.2, 0) is 0 Å². The molecule has 184 valence electrons. The van der Waals surface area contributed by atoms with Crippen LogP contribution in [0.25, 0.3) is 22.1 Å². The Kier molecular flexibility index (Phi) is 6.43. The van der Waals surface area contributed by atoms with Crippen LogP contribution in [0.5, 0.6) is 0 Å². The van der Waals surface area contributed by atoms with Crippen LogP contribution >= 0.6 is 0 Å². The first-order chi connectivity index (χ1) is 18.0. The minimum Gasteiger partial charge on any atom is -0.381 e. The number of carbonyl (C=O) groups is 1. The third kappa shape index (κ3) is 4.43. The summed E-state index contributed by atoms with van der Waals surface area (Å²) in [6.07, 6.45) is 4.95. The second kappa shape index (κ2) is 9.99. The van der Waals surface area contributed by atoms with Crippen LogP contribution in [0.15, 0.2) is 77.9 Å². The molecular weight excluding hydrogens is 464 g/mol.